The van der Waals surface area contributed by atoms with Gasteiger partial charge in [0, 0.05) is 35.0 Å². The molecule has 0 atom stereocenters. The number of furan rings is 1. The van der Waals surface area contributed by atoms with Crippen molar-refractivity contribution in [3.63, 3.8) is 0 Å². The van der Waals surface area contributed by atoms with Crippen molar-refractivity contribution >= 4 is 17.7 Å². The van der Waals surface area contributed by atoms with E-state index in [-0.39, 0.29) is 5.97 Å². The normalized spacial score (nSPS) is 12.1. The van der Waals surface area contributed by atoms with Gasteiger partial charge in [-0.15, -0.1) is 11.8 Å². The van der Waals surface area contributed by atoms with Crippen molar-refractivity contribution in [1.29, 1.82) is 0 Å². The number of hydrogen-bond acceptors (Lipinski definition) is 8. The van der Waals surface area contributed by atoms with E-state index in [1.807, 2.05) is 84.1 Å². The fraction of sp³-hybridized carbons (Fsp3) is 0.306. The zero-order valence-electron chi connectivity index (χ0n) is 26.2. The Kier molecular flexibility index (Phi) is 9.42. The standard InChI is InChI=1S/C36H39N3O4S/c1-25-32(42-33(38-25)28-11-7-10-27(20-28)29-12-8-18-37-21-29)24-39(23-30-13-9-19-41-30)22-26-14-16-31(17-15-26)44-36(5,6)34(40)43-35(2,3)4/h7-21H,22-24H2,1-6H3. The first-order chi connectivity index (χ1) is 20.9. The second kappa shape index (κ2) is 13.2. The van der Waals surface area contributed by atoms with Crippen LogP contribution in [0.5, 0.6) is 0 Å². The number of oxazole rings is 1. The lowest BCUT2D eigenvalue weighted by molar-refractivity contribution is -0.156. The van der Waals surface area contributed by atoms with Crippen molar-refractivity contribution in [1.82, 2.24) is 14.9 Å². The molecule has 0 unspecified atom stereocenters. The van der Waals surface area contributed by atoms with Gasteiger partial charge in [-0.25, -0.2) is 4.98 Å². The van der Waals surface area contributed by atoms with Crippen LogP contribution in [0.1, 0.15) is 57.4 Å². The van der Waals surface area contributed by atoms with E-state index in [1.165, 1.54) is 11.8 Å². The van der Waals surface area contributed by atoms with E-state index in [0.29, 0.717) is 25.5 Å². The molecule has 0 spiro atoms. The predicted octanol–water partition coefficient (Wildman–Crippen LogP) is 8.72. The van der Waals surface area contributed by atoms with E-state index in [2.05, 4.69) is 46.3 Å². The number of esters is 1. The van der Waals surface area contributed by atoms with Crippen LogP contribution in [-0.2, 0) is 29.2 Å². The Morgan fingerprint density at radius 1 is 0.886 bits per heavy atom. The number of thioether (sulfide) groups is 1. The number of carbonyl (C=O) groups is 1. The molecule has 228 valence electrons. The molecule has 0 saturated heterocycles. The molecule has 0 bridgehead atoms. The molecule has 5 aromatic rings. The third-order valence-corrected chi connectivity index (χ3v) is 8.10. The maximum Gasteiger partial charge on any atom is 0.322 e. The van der Waals surface area contributed by atoms with Crippen molar-refractivity contribution in [2.45, 2.75) is 76.4 Å². The zero-order chi connectivity index (χ0) is 31.3. The van der Waals surface area contributed by atoms with E-state index >= 15 is 0 Å². The van der Waals surface area contributed by atoms with Crippen LogP contribution in [0.25, 0.3) is 22.6 Å². The fourth-order valence-electron chi connectivity index (χ4n) is 4.72. The minimum absolute atomic E-state index is 0.228. The van der Waals surface area contributed by atoms with Gasteiger partial charge in [-0.1, -0.05) is 30.3 Å². The van der Waals surface area contributed by atoms with Gasteiger partial charge in [0.25, 0.3) is 0 Å². The molecule has 0 saturated carbocycles. The number of rotatable bonds is 11. The summed E-state index contributed by atoms with van der Waals surface area (Å²) in [5.41, 5.74) is 4.48. The zero-order valence-corrected chi connectivity index (χ0v) is 27.0. The molecule has 0 N–H and O–H groups in total. The van der Waals surface area contributed by atoms with Crippen LogP contribution in [0.15, 0.2) is 105 Å². The smallest absolute Gasteiger partial charge is 0.322 e. The maximum atomic E-state index is 12.7. The minimum atomic E-state index is -0.709. The highest BCUT2D eigenvalue weighted by molar-refractivity contribution is 8.01. The molecule has 3 heterocycles. The Balaban J connectivity index is 1.31. The molecule has 0 radical (unpaired) electrons. The number of benzene rings is 2. The molecule has 0 aliphatic heterocycles. The minimum Gasteiger partial charge on any atom is -0.468 e. The molecule has 0 aliphatic carbocycles. The maximum absolute atomic E-state index is 12.7. The van der Waals surface area contributed by atoms with Crippen LogP contribution in [0, 0.1) is 6.92 Å². The lowest BCUT2D eigenvalue weighted by atomic mass is 10.0. The van der Waals surface area contributed by atoms with E-state index in [1.54, 1.807) is 12.5 Å². The van der Waals surface area contributed by atoms with E-state index in [0.717, 1.165) is 44.4 Å². The van der Waals surface area contributed by atoms with Crippen molar-refractivity contribution in [3.05, 3.63) is 114 Å². The molecule has 3 aromatic heterocycles. The summed E-state index contributed by atoms with van der Waals surface area (Å²) in [6, 6.07) is 24.3. The average Bonchev–Trinajstić information content (AvgIpc) is 3.63. The van der Waals surface area contributed by atoms with Gasteiger partial charge in [0.05, 0.1) is 25.0 Å². The second-order valence-corrected chi connectivity index (χ2v) is 14.0. The van der Waals surface area contributed by atoms with Crippen molar-refractivity contribution < 1.29 is 18.4 Å². The summed E-state index contributed by atoms with van der Waals surface area (Å²) in [6.45, 7) is 13.3. The van der Waals surface area contributed by atoms with Crippen LogP contribution < -0.4 is 0 Å². The SMILES string of the molecule is Cc1nc(-c2cccc(-c3cccnc3)c2)oc1CN(Cc1ccc(SC(C)(C)C(=O)OC(C)(C)C)cc1)Cc1ccco1. The van der Waals surface area contributed by atoms with Gasteiger partial charge in [0.1, 0.15) is 21.9 Å². The summed E-state index contributed by atoms with van der Waals surface area (Å²) < 4.78 is 17.0. The summed E-state index contributed by atoms with van der Waals surface area (Å²) >= 11 is 1.50. The summed E-state index contributed by atoms with van der Waals surface area (Å²) in [5.74, 6) is 2.05. The topological polar surface area (TPSA) is 81.6 Å². The molecule has 0 fully saturated rings. The van der Waals surface area contributed by atoms with Gasteiger partial charge >= 0.3 is 5.97 Å². The Bertz CT molecular complexity index is 1670. The largest absolute Gasteiger partial charge is 0.468 e. The Labute approximate surface area is 263 Å². The first-order valence-corrected chi connectivity index (χ1v) is 15.5. The molecular formula is C36H39N3O4S. The molecule has 5 rings (SSSR count). The molecule has 2 aromatic carbocycles. The lowest BCUT2D eigenvalue weighted by Gasteiger charge is -2.28. The number of pyridine rings is 1. The Morgan fingerprint density at radius 2 is 1.64 bits per heavy atom. The average molecular weight is 610 g/mol. The number of carbonyl (C=O) groups excluding carboxylic acids is 1. The first-order valence-electron chi connectivity index (χ1n) is 14.7. The van der Waals surface area contributed by atoms with Crippen LogP contribution >= 0.6 is 11.8 Å². The van der Waals surface area contributed by atoms with Crippen molar-refractivity contribution in [2.75, 3.05) is 0 Å². The molecule has 44 heavy (non-hydrogen) atoms. The number of aryl methyl sites for hydroxylation is 1. The monoisotopic (exact) mass is 609 g/mol. The van der Waals surface area contributed by atoms with Gasteiger partial charge < -0.3 is 13.6 Å². The second-order valence-electron chi connectivity index (χ2n) is 12.3. The van der Waals surface area contributed by atoms with Gasteiger partial charge in [0.2, 0.25) is 5.89 Å². The van der Waals surface area contributed by atoms with Crippen molar-refractivity contribution in [2.24, 2.45) is 0 Å². The van der Waals surface area contributed by atoms with Crippen LogP contribution in [0.3, 0.4) is 0 Å². The quantitative estimate of drug-likeness (QED) is 0.109. The molecular weight excluding hydrogens is 570 g/mol. The lowest BCUT2D eigenvalue weighted by Crippen LogP contribution is -2.36. The predicted molar refractivity (Wildman–Crippen MR) is 174 cm³/mol. The Morgan fingerprint density at radius 3 is 2.32 bits per heavy atom. The summed E-state index contributed by atoms with van der Waals surface area (Å²) in [5, 5.41) is 0. The summed E-state index contributed by atoms with van der Waals surface area (Å²) in [4.78, 5) is 25.1. The van der Waals surface area contributed by atoms with E-state index < -0.39 is 10.3 Å². The van der Waals surface area contributed by atoms with Gasteiger partial charge in [0.15, 0.2) is 0 Å². The highest BCUT2D eigenvalue weighted by Gasteiger charge is 2.33. The van der Waals surface area contributed by atoms with E-state index in [9.17, 15) is 4.79 Å². The Hall–Kier alpha value is -4.14. The molecule has 0 amide bonds. The van der Waals surface area contributed by atoms with Gasteiger partial charge in [-0.05, 0) is 95.1 Å². The number of aromatic nitrogens is 2. The summed E-state index contributed by atoms with van der Waals surface area (Å²) in [6.07, 6.45) is 5.32. The number of ether oxygens (including phenoxy) is 1. The highest BCUT2D eigenvalue weighted by atomic mass is 32.2. The van der Waals surface area contributed by atoms with Crippen LogP contribution in [0.2, 0.25) is 0 Å². The number of nitrogens with zero attached hydrogens (tertiary/aromatic N) is 3. The van der Waals surface area contributed by atoms with Crippen molar-refractivity contribution in [3.8, 4) is 22.6 Å². The third kappa shape index (κ3) is 8.27. The molecule has 8 heteroatoms. The molecule has 0 aliphatic rings. The third-order valence-electron chi connectivity index (χ3n) is 6.92. The highest BCUT2D eigenvalue weighted by Crippen LogP contribution is 2.35. The van der Waals surface area contributed by atoms with Gasteiger partial charge in [-0.3, -0.25) is 14.7 Å². The van der Waals surface area contributed by atoms with Crippen LogP contribution in [0.4, 0.5) is 0 Å². The van der Waals surface area contributed by atoms with Gasteiger partial charge in [-0.2, -0.15) is 0 Å². The number of hydrogen-bond donors (Lipinski definition) is 0. The van der Waals surface area contributed by atoms with Crippen LogP contribution in [-0.4, -0.2) is 31.2 Å². The van der Waals surface area contributed by atoms with E-state index in [4.69, 9.17) is 18.6 Å². The fourth-order valence-corrected chi connectivity index (χ4v) is 5.70. The molecule has 7 nitrogen and oxygen atoms in total. The summed E-state index contributed by atoms with van der Waals surface area (Å²) in [7, 11) is 0. The first kappa shape index (κ1) is 31.3.